The molecule has 0 unspecified atom stereocenters. The Kier molecular flexibility index (Phi) is 2.41. The van der Waals surface area contributed by atoms with Crippen molar-refractivity contribution in [2.24, 2.45) is 0 Å². The fourth-order valence-corrected chi connectivity index (χ4v) is 1.38. The Balaban J connectivity index is 2.38. The summed E-state index contributed by atoms with van der Waals surface area (Å²) in [4.78, 5) is 0. The third-order valence-corrected chi connectivity index (χ3v) is 2.28. The predicted molar refractivity (Wildman–Crippen MR) is 44.4 cm³/mol. The van der Waals surface area contributed by atoms with E-state index < -0.39 is 23.9 Å². The maximum Gasteiger partial charge on any atom is 0.203 e. The van der Waals surface area contributed by atoms with E-state index in [0.717, 1.165) is 12.1 Å². The number of benzene rings is 1. The van der Waals surface area contributed by atoms with Crippen molar-refractivity contribution in [3.05, 3.63) is 40.5 Å². The van der Waals surface area contributed by atoms with Crippen LogP contribution in [0.2, 0.25) is 5.02 Å². The van der Waals surface area contributed by atoms with E-state index in [2.05, 4.69) is 0 Å². The molecule has 1 saturated heterocycles. The molecule has 1 fully saturated rings. The molecule has 1 nitrogen and oxygen atoms in total. The number of hydrogen-bond acceptors (Lipinski definition) is 1. The molecule has 75 valence electrons. The zero-order chi connectivity index (χ0) is 10.3. The van der Waals surface area contributed by atoms with Gasteiger partial charge in [0.15, 0.2) is 0 Å². The van der Waals surface area contributed by atoms with E-state index in [4.69, 9.17) is 16.3 Å². The fourth-order valence-electron chi connectivity index (χ4n) is 1.23. The highest BCUT2D eigenvalue weighted by atomic mass is 35.5. The highest BCUT2D eigenvalue weighted by Crippen LogP contribution is 2.40. The Labute approximate surface area is 83.4 Å². The van der Waals surface area contributed by atoms with Crippen LogP contribution in [0.1, 0.15) is 11.7 Å². The lowest BCUT2D eigenvalue weighted by atomic mass is 10.0. The molecule has 0 saturated carbocycles. The molecule has 1 aromatic rings. The smallest absolute Gasteiger partial charge is 0.203 e. The van der Waals surface area contributed by atoms with Gasteiger partial charge < -0.3 is 4.74 Å². The molecule has 1 aliphatic heterocycles. The molecule has 0 bridgehead atoms. The van der Waals surface area contributed by atoms with E-state index in [1.807, 2.05) is 0 Å². The highest BCUT2D eigenvalue weighted by molar-refractivity contribution is 6.30. The molecular weight excluding hydrogens is 217 g/mol. The van der Waals surface area contributed by atoms with Gasteiger partial charge in [-0.3, -0.25) is 0 Å². The molecule has 2 rings (SSSR count). The van der Waals surface area contributed by atoms with Gasteiger partial charge in [-0.25, -0.2) is 13.2 Å². The molecule has 5 heteroatoms. The molecule has 14 heavy (non-hydrogen) atoms. The average Bonchev–Trinajstić information content (AvgIpc) is 2.12. The first kappa shape index (κ1) is 9.80. The summed E-state index contributed by atoms with van der Waals surface area (Å²) in [6.45, 7) is -0.158. The Bertz CT molecular complexity index is 369. The van der Waals surface area contributed by atoms with Crippen LogP contribution >= 0.6 is 11.6 Å². The fraction of sp³-hybridized carbons (Fsp3) is 0.222. The number of rotatable bonds is 1. The lowest BCUT2D eigenvalue weighted by molar-refractivity contribution is -0.0667. The van der Waals surface area contributed by atoms with Crippen molar-refractivity contribution in [2.45, 2.75) is 6.10 Å². The van der Waals surface area contributed by atoms with Crippen LogP contribution in [0.25, 0.3) is 0 Å². The first-order chi connectivity index (χ1) is 6.59. The maximum absolute atomic E-state index is 13.2. The summed E-state index contributed by atoms with van der Waals surface area (Å²) in [6, 6.07) is 1.66. The van der Waals surface area contributed by atoms with E-state index in [0.29, 0.717) is 0 Å². The van der Waals surface area contributed by atoms with Crippen LogP contribution in [0.3, 0.4) is 0 Å². The van der Waals surface area contributed by atoms with E-state index in [1.165, 1.54) is 0 Å². The van der Waals surface area contributed by atoms with Gasteiger partial charge >= 0.3 is 0 Å². The van der Waals surface area contributed by atoms with Crippen molar-refractivity contribution in [3.8, 4) is 0 Å². The Morgan fingerprint density at radius 3 is 2.43 bits per heavy atom. The van der Waals surface area contributed by atoms with Crippen LogP contribution in [0.15, 0.2) is 12.1 Å². The van der Waals surface area contributed by atoms with E-state index in [9.17, 15) is 13.2 Å². The second-order valence-electron chi connectivity index (χ2n) is 2.93. The van der Waals surface area contributed by atoms with Crippen LogP contribution < -0.4 is 0 Å². The lowest BCUT2D eigenvalue weighted by Gasteiger charge is -2.30. The molecule has 1 atom stereocenters. The van der Waals surface area contributed by atoms with Crippen LogP contribution in [-0.4, -0.2) is 6.61 Å². The summed E-state index contributed by atoms with van der Waals surface area (Å²) in [6.07, 6.45) is -1.59. The van der Waals surface area contributed by atoms with Gasteiger partial charge in [0.25, 0.3) is 0 Å². The van der Waals surface area contributed by atoms with Gasteiger partial charge in [-0.2, -0.15) is 0 Å². The van der Waals surface area contributed by atoms with Crippen LogP contribution in [-0.2, 0) is 4.74 Å². The Morgan fingerprint density at radius 1 is 1.21 bits per heavy atom. The molecule has 0 spiro atoms. The monoisotopic (exact) mass is 221 g/mol. The van der Waals surface area contributed by atoms with Crippen molar-refractivity contribution < 1.29 is 17.9 Å². The predicted octanol–water partition coefficient (Wildman–Crippen LogP) is 3.19. The van der Waals surface area contributed by atoms with Crippen molar-refractivity contribution >= 4 is 11.6 Å². The minimum atomic E-state index is -1.08. The quantitative estimate of drug-likeness (QED) is 0.662. The summed E-state index contributed by atoms with van der Waals surface area (Å²) in [5, 5.41) is -0.328. The highest BCUT2D eigenvalue weighted by Gasteiger charge is 2.37. The first-order valence-electron chi connectivity index (χ1n) is 3.87. The molecule has 0 aromatic heterocycles. The van der Waals surface area contributed by atoms with Gasteiger partial charge in [0.1, 0.15) is 17.7 Å². The van der Waals surface area contributed by atoms with E-state index in [1.54, 1.807) is 0 Å². The van der Waals surface area contributed by atoms with Crippen LogP contribution in [0.4, 0.5) is 13.2 Å². The third kappa shape index (κ3) is 1.48. The molecule has 1 heterocycles. The minimum absolute atomic E-state index is 0.157. The molecule has 0 aliphatic carbocycles. The van der Waals surface area contributed by atoms with Gasteiger partial charge in [0.05, 0.1) is 11.6 Å². The van der Waals surface area contributed by atoms with Crippen molar-refractivity contribution in [3.63, 3.8) is 0 Å². The van der Waals surface area contributed by atoms with E-state index >= 15 is 0 Å². The van der Waals surface area contributed by atoms with Crippen molar-refractivity contribution in [1.29, 1.82) is 0 Å². The maximum atomic E-state index is 13.2. The Morgan fingerprint density at radius 2 is 1.93 bits per heavy atom. The van der Waals surface area contributed by atoms with Gasteiger partial charge in [0, 0.05) is 5.56 Å². The summed E-state index contributed by atoms with van der Waals surface area (Å²) in [5.41, 5.74) is -0.157. The third-order valence-electron chi connectivity index (χ3n) is 1.99. The van der Waals surface area contributed by atoms with Crippen LogP contribution in [0.5, 0.6) is 0 Å². The van der Waals surface area contributed by atoms with Gasteiger partial charge in [-0.1, -0.05) is 11.6 Å². The molecule has 0 N–H and O–H groups in total. The van der Waals surface area contributed by atoms with Gasteiger partial charge in [0.2, 0.25) is 6.17 Å². The topological polar surface area (TPSA) is 9.23 Å². The largest absolute Gasteiger partial charge is 0.366 e. The average molecular weight is 222 g/mol. The van der Waals surface area contributed by atoms with Crippen molar-refractivity contribution in [1.82, 2.24) is 0 Å². The standard InChI is InChI=1S/C9H5ClF3O/c10-5-2-6(11)4(1-7(5)12)9-8(13)3-14-9/h1-2,9H,3H2/t9-/m0/s1. The Hall–Kier alpha value is -0.740. The van der Waals surface area contributed by atoms with E-state index in [-0.39, 0.29) is 17.2 Å². The SMILES string of the molecule is F[C]1CO[C@H]1c1cc(F)c(Cl)cc1F. The summed E-state index contributed by atoms with van der Waals surface area (Å²) >= 11 is 5.33. The van der Waals surface area contributed by atoms with Gasteiger partial charge in [-0.05, 0) is 12.1 Å². The summed E-state index contributed by atoms with van der Waals surface area (Å²) in [5.74, 6) is -1.55. The lowest BCUT2D eigenvalue weighted by Crippen LogP contribution is -2.27. The zero-order valence-corrected chi connectivity index (χ0v) is 7.62. The molecule has 1 aliphatic rings. The zero-order valence-electron chi connectivity index (χ0n) is 6.86. The molecule has 1 aromatic carbocycles. The van der Waals surface area contributed by atoms with Gasteiger partial charge in [-0.15, -0.1) is 0 Å². The second-order valence-corrected chi connectivity index (χ2v) is 3.33. The number of halogens is 4. The number of ether oxygens (including phenoxy) is 1. The first-order valence-corrected chi connectivity index (χ1v) is 4.24. The summed E-state index contributed by atoms with van der Waals surface area (Å²) < 4.78 is 43.6. The second kappa shape index (κ2) is 3.44. The molecule has 0 amide bonds. The minimum Gasteiger partial charge on any atom is -0.366 e. The normalized spacial score (nSPS) is 22.1. The number of hydrogen-bond donors (Lipinski definition) is 0. The molecular formula is C9H5ClF3O. The molecule has 1 radical (unpaired) electrons. The van der Waals surface area contributed by atoms with Crippen molar-refractivity contribution in [2.75, 3.05) is 6.61 Å². The summed E-state index contributed by atoms with van der Waals surface area (Å²) in [7, 11) is 0. The van der Waals surface area contributed by atoms with Crippen LogP contribution in [0, 0.1) is 17.8 Å².